The summed E-state index contributed by atoms with van der Waals surface area (Å²) in [6.45, 7) is 0. The van der Waals surface area contributed by atoms with E-state index in [1.165, 1.54) is 54.7 Å². The molecule has 5 heteroatoms. The molecule has 0 bridgehead atoms. The first-order chi connectivity index (χ1) is 25.3. The normalized spacial score (nSPS) is 11.9. The number of nitrogens with zero attached hydrogens (tertiary/aromatic N) is 4. The van der Waals surface area contributed by atoms with Crippen LogP contribution in [0.2, 0.25) is 0 Å². The Kier molecular flexibility index (Phi) is 6.09. The summed E-state index contributed by atoms with van der Waals surface area (Å²) in [6.07, 6.45) is 3.95. The summed E-state index contributed by atoms with van der Waals surface area (Å²) in [4.78, 5) is 11.9. The highest BCUT2D eigenvalue weighted by atomic mass is 32.1. The number of benzene rings is 6. The first-order valence-electron chi connectivity index (χ1n) is 17.2. The lowest BCUT2D eigenvalue weighted by molar-refractivity contribution is 1.18. The average molecular weight is 669 g/mol. The molecular weight excluding hydrogens is 641 g/mol. The first kappa shape index (κ1) is 28.3. The molecule has 0 fully saturated rings. The minimum absolute atomic E-state index is 0.997. The molecule has 5 heterocycles. The van der Waals surface area contributed by atoms with Crippen LogP contribution in [0.5, 0.6) is 0 Å². The maximum atomic E-state index is 5.02. The van der Waals surface area contributed by atoms with E-state index in [-0.39, 0.29) is 0 Å². The molecule has 0 aliphatic rings. The molecule has 238 valence electrons. The summed E-state index contributed by atoms with van der Waals surface area (Å²) in [7, 11) is 0. The molecule has 0 unspecified atom stereocenters. The Balaban J connectivity index is 1.09. The molecule has 0 saturated carbocycles. The minimum Gasteiger partial charge on any atom is -0.309 e. The van der Waals surface area contributed by atoms with Gasteiger partial charge >= 0.3 is 0 Å². The van der Waals surface area contributed by atoms with Crippen LogP contribution in [0.1, 0.15) is 0 Å². The van der Waals surface area contributed by atoms with Gasteiger partial charge in [0.15, 0.2) is 0 Å². The average Bonchev–Trinajstić information content (AvgIpc) is 3.85. The molecule has 11 aromatic rings. The zero-order valence-electron chi connectivity index (χ0n) is 27.4. The van der Waals surface area contributed by atoms with Gasteiger partial charge in [0.05, 0.1) is 22.1 Å². The van der Waals surface area contributed by atoms with Gasteiger partial charge in [0.25, 0.3) is 0 Å². The summed E-state index contributed by atoms with van der Waals surface area (Å²) in [5.74, 6) is 0. The van der Waals surface area contributed by atoms with Gasteiger partial charge < -0.3 is 9.13 Å². The van der Waals surface area contributed by atoms with E-state index < -0.39 is 0 Å². The van der Waals surface area contributed by atoms with Crippen LogP contribution in [-0.4, -0.2) is 19.1 Å². The monoisotopic (exact) mass is 668 g/mol. The van der Waals surface area contributed by atoms with Crippen molar-refractivity contribution in [3.63, 3.8) is 0 Å². The van der Waals surface area contributed by atoms with Crippen molar-refractivity contribution in [2.75, 3.05) is 0 Å². The third-order valence-corrected chi connectivity index (χ3v) is 11.3. The Bertz CT molecular complexity index is 3130. The Morgan fingerprint density at radius 1 is 0.392 bits per heavy atom. The van der Waals surface area contributed by atoms with Gasteiger partial charge in [-0.1, -0.05) is 96.3 Å². The number of para-hydroxylation sites is 4. The SMILES string of the molecule is c1ccc(-n2c3ccccc3c3cc(-c4cnc5sc6nccc(-c7ccc8c(c7)c7ccccc7n8-c7ccccc7)c6c5c4)ccc32)cc1. The standard InChI is InChI=1S/C46H28N4S/c1-3-11-32(12-4-1)49-40-17-9-7-15-35(40)37-25-29(19-21-42(37)49)31-27-39-44-34(23-24-47-46(44)51-45(39)48-28-31)30-20-22-43-38(26-30)36-16-8-10-18-41(36)50(43)33-13-5-2-6-14-33/h1-28H. The second-order valence-corrected chi connectivity index (χ2v) is 14.0. The van der Waals surface area contributed by atoms with E-state index in [4.69, 9.17) is 9.97 Å². The zero-order chi connectivity index (χ0) is 33.5. The molecule has 0 atom stereocenters. The maximum absolute atomic E-state index is 5.02. The van der Waals surface area contributed by atoms with Crippen molar-refractivity contribution in [1.29, 1.82) is 0 Å². The largest absolute Gasteiger partial charge is 0.309 e. The first-order valence-corrected chi connectivity index (χ1v) is 18.0. The van der Waals surface area contributed by atoms with Gasteiger partial charge in [-0.05, 0) is 89.5 Å². The molecule has 4 nitrogen and oxygen atoms in total. The van der Waals surface area contributed by atoms with Crippen molar-refractivity contribution in [1.82, 2.24) is 19.1 Å². The van der Waals surface area contributed by atoms with Crippen LogP contribution in [0.15, 0.2) is 170 Å². The maximum Gasteiger partial charge on any atom is 0.126 e. The van der Waals surface area contributed by atoms with Gasteiger partial charge in [-0.3, -0.25) is 0 Å². The number of fused-ring (bicyclic) bond motifs is 9. The smallest absolute Gasteiger partial charge is 0.126 e. The summed E-state index contributed by atoms with van der Waals surface area (Å²) in [5.41, 5.74) is 11.7. The Labute approximate surface area is 297 Å². The topological polar surface area (TPSA) is 35.6 Å². The number of thiophene rings is 1. The highest BCUT2D eigenvalue weighted by Gasteiger charge is 2.18. The lowest BCUT2D eigenvalue weighted by Gasteiger charge is -2.09. The van der Waals surface area contributed by atoms with E-state index >= 15 is 0 Å². The fourth-order valence-electron chi connectivity index (χ4n) is 7.99. The highest BCUT2D eigenvalue weighted by Crippen LogP contribution is 2.42. The predicted molar refractivity (Wildman–Crippen MR) is 214 cm³/mol. The van der Waals surface area contributed by atoms with Gasteiger partial charge in [-0.2, -0.15) is 0 Å². The summed E-state index contributed by atoms with van der Waals surface area (Å²) in [5, 5.41) is 7.23. The van der Waals surface area contributed by atoms with Gasteiger partial charge in [-0.15, -0.1) is 0 Å². The van der Waals surface area contributed by atoms with Crippen molar-refractivity contribution < 1.29 is 0 Å². The lowest BCUT2D eigenvalue weighted by atomic mass is 9.98. The number of hydrogen-bond acceptors (Lipinski definition) is 3. The molecule has 0 saturated heterocycles. The number of pyridine rings is 2. The number of aromatic nitrogens is 4. The van der Waals surface area contributed by atoms with E-state index in [0.29, 0.717) is 0 Å². The number of rotatable bonds is 4. The van der Waals surface area contributed by atoms with Crippen LogP contribution in [0, 0.1) is 0 Å². The summed E-state index contributed by atoms with van der Waals surface area (Å²) < 4.78 is 4.72. The predicted octanol–water partition coefficient (Wildman–Crippen LogP) is 12.4. The minimum atomic E-state index is 0.997. The van der Waals surface area contributed by atoms with Crippen molar-refractivity contribution in [2.24, 2.45) is 0 Å². The third kappa shape index (κ3) is 4.25. The lowest BCUT2D eigenvalue weighted by Crippen LogP contribution is -1.93. The van der Waals surface area contributed by atoms with Gasteiger partial charge in [0.2, 0.25) is 0 Å². The van der Waals surface area contributed by atoms with Crippen molar-refractivity contribution in [3.05, 3.63) is 170 Å². The van der Waals surface area contributed by atoms with Crippen LogP contribution < -0.4 is 0 Å². The fourth-order valence-corrected chi connectivity index (χ4v) is 8.98. The zero-order valence-corrected chi connectivity index (χ0v) is 28.2. The van der Waals surface area contributed by atoms with Crippen LogP contribution in [0.3, 0.4) is 0 Å². The second kappa shape index (κ2) is 11.0. The molecule has 0 radical (unpaired) electrons. The van der Waals surface area contributed by atoms with E-state index in [1.807, 2.05) is 12.4 Å². The van der Waals surface area contributed by atoms with Crippen LogP contribution in [0.4, 0.5) is 0 Å². The van der Waals surface area contributed by atoms with Crippen molar-refractivity contribution >= 4 is 75.4 Å². The summed E-state index contributed by atoms with van der Waals surface area (Å²) >= 11 is 1.66. The molecule has 51 heavy (non-hydrogen) atoms. The molecule has 5 aromatic heterocycles. The van der Waals surface area contributed by atoms with E-state index in [0.717, 1.165) is 42.9 Å². The Hall–Kier alpha value is -6.56. The molecule has 0 N–H and O–H groups in total. The van der Waals surface area contributed by atoms with Crippen LogP contribution in [-0.2, 0) is 0 Å². The van der Waals surface area contributed by atoms with E-state index in [2.05, 4.69) is 167 Å². The van der Waals surface area contributed by atoms with E-state index in [1.54, 1.807) is 11.3 Å². The van der Waals surface area contributed by atoms with Crippen molar-refractivity contribution in [3.8, 4) is 33.6 Å². The fraction of sp³-hybridized carbons (Fsp3) is 0. The molecule has 11 rings (SSSR count). The van der Waals surface area contributed by atoms with Gasteiger partial charge in [0.1, 0.15) is 9.66 Å². The number of hydrogen-bond donors (Lipinski definition) is 0. The quantitative estimate of drug-likeness (QED) is 0.187. The van der Waals surface area contributed by atoms with Crippen LogP contribution >= 0.6 is 11.3 Å². The van der Waals surface area contributed by atoms with Gasteiger partial charge in [-0.25, -0.2) is 9.97 Å². The summed E-state index contributed by atoms with van der Waals surface area (Å²) in [6, 6.07) is 56.7. The van der Waals surface area contributed by atoms with Crippen LogP contribution in [0.25, 0.3) is 97.7 Å². The molecule has 0 amide bonds. The van der Waals surface area contributed by atoms with Crippen molar-refractivity contribution in [2.45, 2.75) is 0 Å². The highest BCUT2D eigenvalue weighted by molar-refractivity contribution is 7.25. The third-order valence-electron chi connectivity index (χ3n) is 10.2. The van der Waals surface area contributed by atoms with E-state index in [9.17, 15) is 0 Å². The molecule has 0 spiro atoms. The molecule has 6 aromatic carbocycles. The van der Waals surface area contributed by atoms with Gasteiger partial charge in [0, 0.05) is 61.6 Å². The Morgan fingerprint density at radius 3 is 1.57 bits per heavy atom. The second-order valence-electron chi connectivity index (χ2n) is 13.1. The molecule has 0 aliphatic carbocycles. The molecule has 0 aliphatic heterocycles. The Morgan fingerprint density at radius 2 is 0.922 bits per heavy atom. The molecular formula is C46H28N4S.